The second-order valence-corrected chi connectivity index (χ2v) is 5.01. The third kappa shape index (κ3) is 2.67. The summed E-state index contributed by atoms with van der Waals surface area (Å²) in [5.41, 5.74) is 0. The normalized spacial score (nSPS) is 17.7. The molecule has 5 nitrogen and oxygen atoms in total. The van der Waals surface area contributed by atoms with E-state index in [-0.39, 0.29) is 6.04 Å². The van der Waals surface area contributed by atoms with Crippen LogP contribution in [-0.2, 0) is 14.8 Å². The van der Waals surface area contributed by atoms with Gasteiger partial charge in [0.05, 0.1) is 0 Å². The molecular weight excluding hydrogens is 194 g/mol. The Morgan fingerprint density at radius 1 is 1.54 bits per heavy atom. The van der Waals surface area contributed by atoms with E-state index in [1.807, 2.05) is 0 Å². The average molecular weight is 207 g/mol. The summed E-state index contributed by atoms with van der Waals surface area (Å²) in [4.78, 5) is 10.3. The molecule has 0 radical (unpaired) electrons. The van der Waals surface area contributed by atoms with Gasteiger partial charge in [-0.05, 0) is 12.8 Å². The van der Waals surface area contributed by atoms with Gasteiger partial charge in [-0.25, -0.2) is 8.42 Å². The van der Waals surface area contributed by atoms with Gasteiger partial charge in [0.2, 0.25) is 10.0 Å². The second-order valence-electron chi connectivity index (χ2n) is 3.08. The van der Waals surface area contributed by atoms with E-state index in [0.717, 1.165) is 12.8 Å². The zero-order valence-corrected chi connectivity index (χ0v) is 8.25. The van der Waals surface area contributed by atoms with E-state index in [4.69, 9.17) is 5.11 Å². The van der Waals surface area contributed by atoms with E-state index >= 15 is 0 Å². The van der Waals surface area contributed by atoms with Gasteiger partial charge in [0.15, 0.2) is 5.75 Å². The number of rotatable bonds is 5. The first-order valence-corrected chi connectivity index (χ1v) is 5.79. The highest BCUT2D eigenvalue weighted by Crippen LogP contribution is 2.28. The molecule has 1 fully saturated rings. The quantitative estimate of drug-likeness (QED) is 0.682. The van der Waals surface area contributed by atoms with Gasteiger partial charge in [-0.2, -0.15) is 4.31 Å². The zero-order chi connectivity index (χ0) is 10.1. The highest BCUT2D eigenvalue weighted by Gasteiger charge is 2.36. The first-order valence-electron chi connectivity index (χ1n) is 4.18. The summed E-state index contributed by atoms with van der Waals surface area (Å²) in [5, 5.41) is 8.39. The number of sulfonamides is 1. The number of hydrogen-bond donors (Lipinski definition) is 1. The Balaban J connectivity index is 2.70. The van der Waals surface area contributed by atoms with Crippen molar-refractivity contribution in [3.05, 3.63) is 0 Å². The molecule has 0 aliphatic heterocycles. The van der Waals surface area contributed by atoms with Gasteiger partial charge < -0.3 is 5.11 Å². The zero-order valence-electron chi connectivity index (χ0n) is 7.43. The summed E-state index contributed by atoms with van der Waals surface area (Å²) < 4.78 is 24.1. The van der Waals surface area contributed by atoms with Crippen molar-refractivity contribution in [1.82, 2.24) is 4.31 Å². The first-order chi connectivity index (χ1) is 5.97. The molecule has 0 amide bonds. The molecule has 1 aliphatic rings. The molecule has 0 aromatic rings. The summed E-state index contributed by atoms with van der Waals surface area (Å²) in [7, 11) is -3.57. The minimum absolute atomic E-state index is 0.0503. The molecule has 76 valence electrons. The molecule has 13 heavy (non-hydrogen) atoms. The lowest BCUT2D eigenvalue weighted by molar-refractivity contribution is -0.134. The fourth-order valence-electron chi connectivity index (χ4n) is 1.28. The Morgan fingerprint density at radius 3 is 2.38 bits per heavy atom. The SMILES string of the molecule is CCN(C1CC1)S(=O)(=O)CC(=O)O. The first kappa shape index (κ1) is 10.5. The summed E-state index contributed by atoms with van der Waals surface area (Å²) in [5.74, 6) is -2.09. The number of nitrogens with zero attached hydrogens (tertiary/aromatic N) is 1. The maximum absolute atomic E-state index is 11.4. The molecule has 1 N–H and O–H groups in total. The second kappa shape index (κ2) is 3.63. The van der Waals surface area contributed by atoms with E-state index in [1.165, 1.54) is 4.31 Å². The predicted molar refractivity (Wildman–Crippen MR) is 46.8 cm³/mol. The Labute approximate surface area is 77.4 Å². The molecule has 1 rings (SSSR count). The van der Waals surface area contributed by atoms with Crippen LogP contribution in [0.15, 0.2) is 0 Å². The van der Waals surface area contributed by atoms with E-state index in [2.05, 4.69) is 0 Å². The van der Waals surface area contributed by atoms with Crippen molar-refractivity contribution >= 4 is 16.0 Å². The molecule has 0 heterocycles. The topological polar surface area (TPSA) is 74.7 Å². The number of carboxylic acid groups (broad SMARTS) is 1. The van der Waals surface area contributed by atoms with Gasteiger partial charge in [0.25, 0.3) is 0 Å². The molecule has 1 aliphatic carbocycles. The lowest BCUT2D eigenvalue weighted by Crippen LogP contribution is -2.36. The average Bonchev–Trinajstić information content (AvgIpc) is 2.68. The fourth-order valence-corrected chi connectivity index (χ4v) is 2.82. The smallest absolute Gasteiger partial charge is 0.320 e. The number of aliphatic carboxylic acids is 1. The molecule has 0 bridgehead atoms. The van der Waals surface area contributed by atoms with Crippen LogP contribution in [0.4, 0.5) is 0 Å². The van der Waals surface area contributed by atoms with E-state index in [1.54, 1.807) is 6.92 Å². The van der Waals surface area contributed by atoms with Crippen LogP contribution in [0.2, 0.25) is 0 Å². The largest absolute Gasteiger partial charge is 0.480 e. The Kier molecular flexibility index (Phi) is 2.92. The van der Waals surface area contributed by atoms with Crippen molar-refractivity contribution in [1.29, 1.82) is 0 Å². The Morgan fingerprint density at radius 2 is 2.08 bits per heavy atom. The van der Waals surface area contributed by atoms with Crippen LogP contribution in [0.25, 0.3) is 0 Å². The molecule has 0 aromatic carbocycles. The number of carbonyl (C=O) groups is 1. The van der Waals surface area contributed by atoms with Gasteiger partial charge in [0, 0.05) is 12.6 Å². The van der Waals surface area contributed by atoms with Crippen LogP contribution < -0.4 is 0 Å². The van der Waals surface area contributed by atoms with E-state index in [0.29, 0.717) is 6.54 Å². The monoisotopic (exact) mass is 207 g/mol. The summed E-state index contributed by atoms with van der Waals surface area (Å²) >= 11 is 0. The minimum atomic E-state index is -3.57. The van der Waals surface area contributed by atoms with Gasteiger partial charge in [-0.1, -0.05) is 6.92 Å². The van der Waals surface area contributed by atoms with Crippen LogP contribution in [0.5, 0.6) is 0 Å². The lowest BCUT2D eigenvalue weighted by Gasteiger charge is -2.18. The Bertz CT molecular complexity index is 294. The van der Waals surface area contributed by atoms with E-state index in [9.17, 15) is 13.2 Å². The highest BCUT2D eigenvalue weighted by molar-refractivity contribution is 7.89. The molecule has 0 aromatic heterocycles. The number of carboxylic acids is 1. The molecule has 0 saturated heterocycles. The molecule has 0 unspecified atom stereocenters. The van der Waals surface area contributed by atoms with Crippen molar-refractivity contribution in [2.24, 2.45) is 0 Å². The van der Waals surface area contributed by atoms with Crippen LogP contribution in [0.3, 0.4) is 0 Å². The Hall–Kier alpha value is -0.620. The summed E-state index contributed by atoms with van der Waals surface area (Å²) in [6.07, 6.45) is 1.71. The molecule has 0 spiro atoms. The van der Waals surface area contributed by atoms with Crippen molar-refractivity contribution in [3.63, 3.8) is 0 Å². The summed E-state index contributed by atoms with van der Waals surface area (Å²) in [6.45, 7) is 2.08. The summed E-state index contributed by atoms with van der Waals surface area (Å²) in [6, 6.07) is 0.0503. The van der Waals surface area contributed by atoms with Gasteiger partial charge >= 0.3 is 5.97 Å². The molecule has 6 heteroatoms. The van der Waals surface area contributed by atoms with Gasteiger partial charge in [0.1, 0.15) is 0 Å². The predicted octanol–water partition coefficient (Wildman–Crippen LogP) is -0.115. The third-order valence-corrected chi connectivity index (χ3v) is 3.81. The third-order valence-electron chi connectivity index (χ3n) is 1.93. The molecule has 1 saturated carbocycles. The lowest BCUT2D eigenvalue weighted by atomic mass is 10.6. The van der Waals surface area contributed by atoms with Crippen molar-refractivity contribution < 1.29 is 18.3 Å². The minimum Gasteiger partial charge on any atom is -0.480 e. The molecular formula is C7H13NO4S. The van der Waals surface area contributed by atoms with Gasteiger partial charge in [-0.15, -0.1) is 0 Å². The van der Waals surface area contributed by atoms with Crippen molar-refractivity contribution in [2.45, 2.75) is 25.8 Å². The maximum atomic E-state index is 11.4. The molecule has 0 atom stereocenters. The van der Waals surface area contributed by atoms with Crippen LogP contribution in [0, 0.1) is 0 Å². The fraction of sp³-hybridized carbons (Fsp3) is 0.857. The van der Waals surface area contributed by atoms with Crippen LogP contribution in [-0.4, -0.2) is 42.1 Å². The number of hydrogen-bond acceptors (Lipinski definition) is 3. The maximum Gasteiger partial charge on any atom is 0.320 e. The highest BCUT2D eigenvalue weighted by atomic mass is 32.2. The standard InChI is InChI=1S/C7H13NO4S/c1-2-8(6-3-4-6)13(11,12)5-7(9)10/h6H,2-5H2,1H3,(H,9,10). The van der Waals surface area contributed by atoms with Crippen LogP contribution in [0.1, 0.15) is 19.8 Å². The van der Waals surface area contributed by atoms with E-state index < -0.39 is 21.7 Å². The van der Waals surface area contributed by atoms with Crippen molar-refractivity contribution in [3.8, 4) is 0 Å². The van der Waals surface area contributed by atoms with Crippen molar-refractivity contribution in [2.75, 3.05) is 12.3 Å². The van der Waals surface area contributed by atoms with Crippen LogP contribution >= 0.6 is 0 Å². The van der Waals surface area contributed by atoms with Gasteiger partial charge in [-0.3, -0.25) is 4.79 Å².